The quantitative estimate of drug-likeness (QED) is 0.466. The molecule has 0 atom stereocenters. The summed E-state index contributed by atoms with van der Waals surface area (Å²) in [6.45, 7) is -0.0303. The van der Waals surface area contributed by atoms with Crippen LogP contribution in [0, 0.1) is 5.82 Å². The summed E-state index contributed by atoms with van der Waals surface area (Å²) in [6.07, 6.45) is 0.795. The van der Waals surface area contributed by atoms with E-state index in [4.69, 9.17) is 9.84 Å². The Labute approximate surface area is 185 Å². The number of aliphatic carboxylic acids is 1. The van der Waals surface area contributed by atoms with Gasteiger partial charge in [0, 0.05) is 31.1 Å². The third kappa shape index (κ3) is 4.79. The number of amides is 2. The Bertz CT molecular complexity index is 1290. The van der Waals surface area contributed by atoms with Gasteiger partial charge in [0.15, 0.2) is 17.2 Å². The van der Waals surface area contributed by atoms with Crippen LogP contribution in [0.25, 0.3) is 5.65 Å². The monoisotopic (exact) mass is 455 g/mol. The Kier molecular flexibility index (Phi) is 5.98. The number of carbonyl (C=O) groups is 4. The fraction of sp³-hybridized carbons (Fsp3) is 0.238. The summed E-state index contributed by atoms with van der Waals surface area (Å²) < 4.78 is 20.4. The second-order valence-electron chi connectivity index (χ2n) is 7.28. The van der Waals surface area contributed by atoms with Crippen LogP contribution in [0.15, 0.2) is 30.5 Å². The molecule has 3 aromatic rings. The SMILES string of the molecule is O=C(O)CCNC(=O)c1cc(C(=O)NCc2ccc3c(c2)CC(=O)CO3)nc2c(F)cnn12. The van der Waals surface area contributed by atoms with Crippen molar-refractivity contribution in [2.45, 2.75) is 19.4 Å². The number of carboxylic acids is 1. The zero-order chi connectivity index (χ0) is 23.5. The highest BCUT2D eigenvalue weighted by Gasteiger charge is 2.21. The van der Waals surface area contributed by atoms with Gasteiger partial charge >= 0.3 is 5.97 Å². The molecule has 3 heterocycles. The van der Waals surface area contributed by atoms with Crippen molar-refractivity contribution in [3.8, 4) is 5.75 Å². The number of ketones is 1. The molecule has 0 bridgehead atoms. The number of carbonyl (C=O) groups excluding carboxylic acids is 3. The first-order valence-electron chi connectivity index (χ1n) is 9.90. The second-order valence-corrected chi connectivity index (χ2v) is 7.28. The molecule has 4 rings (SSSR count). The average molecular weight is 455 g/mol. The van der Waals surface area contributed by atoms with Crippen LogP contribution in [-0.4, -0.2) is 56.4 Å². The first-order chi connectivity index (χ1) is 15.8. The number of ether oxygens (including phenoxy) is 1. The Morgan fingerprint density at radius 3 is 2.79 bits per heavy atom. The lowest BCUT2D eigenvalue weighted by molar-refractivity contribution is -0.136. The number of nitrogens with one attached hydrogen (secondary N) is 2. The Hall–Kier alpha value is -4.35. The molecule has 2 amide bonds. The van der Waals surface area contributed by atoms with E-state index in [-0.39, 0.29) is 55.4 Å². The molecule has 0 radical (unpaired) electrons. The van der Waals surface area contributed by atoms with Crippen LogP contribution >= 0.6 is 0 Å². The minimum Gasteiger partial charge on any atom is -0.486 e. The molecule has 0 spiro atoms. The number of hydrogen-bond donors (Lipinski definition) is 3. The maximum atomic E-state index is 14.1. The van der Waals surface area contributed by atoms with Crippen molar-refractivity contribution in [1.82, 2.24) is 25.2 Å². The van der Waals surface area contributed by atoms with E-state index < -0.39 is 23.6 Å². The fourth-order valence-corrected chi connectivity index (χ4v) is 3.30. The van der Waals surface area contributed by atoms with E-state index >= 15 is 0 Å². The lowest BCUT2D eigenvalue weighted by atomic mass is 10.0. The highest BCUT2D eigenvalue weighted by Crippen LogP contribution is 2.24. The molecule has 0 fully saturated rings. The summed E-state index contributed by atoms with van der Waals surface area (Å²) >= 11 is 0. The maximum Gasteiger partial charge on any atom is 0.305 e. The standard InChI is InChI=1S/C21H18FN5O6/c22-14-9-25-27-16(21(32)23-4-3-18(29)30)7-15(26-19(14)27)20(31)24-8-11-1-2-17-12(5-11)6-13(28)10-33-17/h1-2,5,7,9H,3-4,6,8,10H2,(H,23,32)(H,24,31)(H,29,30). The van der Waals surface area contributed by atoms with Crippen molar-refractivity contribution in [2.24, 2.45) is 0 Å². The molecule has 170 valence electrons. The summed E-state index contributed by atoms with van der Waals surface area (Å²) in [7, 11) is 0. The number of fused-ring (bicyclic) bond motifs is 2. The average Bonchev–Trinajstić information content (AvgIpc) is 3.16. The summed E-state index contributed by atoms with van der Waals surface area (Å²) in [5.41, 5.74) is 0.712. The molecule has 12 heteroatoms. The number of carboxylic acid groups (broad SMARTS) is 1. The first-order valence-corrected chi connectivity index (χ1v) is 9.90. The number of rotatable bonds is 7. The van der Waals surface area contributed by atoms with Crippen molar-refractivity contribution in [2.75, 3.05) is 13.2 Å². The molecule has 1 aliphatic rings. The molecular weight excluding hydrogens is 437 g/mol. The zero-order valence-corrected chi connectivity index (χ0v) is 17.1. The van der Waals surface area contributed by atoms with Crippen molar-refractivity contribution >= 4 is 29.2 Å². The molecule has 2 aromatic heterocycles. The molecule has 0 saturated heterocycles. The minimum atomic E-state index is -1.10. The molecule has 1 aromatic carbocycles. The van der Waals surface area contributed by atoms with E-state index in [9.17, 15) is 23.6 Å². The third-order valence-corrected chi connectivity index (χ3v) is 4.87. The Morgan fingerprint density at radius 1 is 1.18 bits per heavy atom. The Balaban J connectivity index is 1.52. The number of hydrogen-bond acceptors (Lipinski definition) is 7. The van der Waals surface area contributed by atoms with Gasteiger partial charge in [-0.15, -0.1) is 0 Å². The molecule has 33 heavy (non-hydrogen) atoms. The zero-order valence-electron chi connectivity index (χ0n) is 17.1. The van der Waals surface area contributed by atoms with Crippen molar-refractivity contribution in [1.29, 1.82) is 0 Å². The van der Waals surface area contributed by atoms with Gasteiger partial charge in [0.05, 0.1) is 12.6 Å². The van der Waals surface area contributed by atoms with Gasteiger partial charge in [-0.3, -0.25) is 19.2 Å². The summed E-state index contributed by atoms with van der Waals surface area (Å²) in [5, 5.41) is 17.5. The number of aromatic nitrogens is 3. The number of Topliss-reactive ketones (excluding diaryl/α,β-unsaturated/α-hetero) is 1. The second kappa shape index (κ2) is 9.02. The van der Waals surface area contributed by atoms with E-state index in [1.807, 2.05) is 0 Å². The van der Waals surface area contributed by atoms with Crippen LogP contribution in [0.5, 0.6) is 5.75 Å². The van der Waals surface area contributed by atoms with Gasteiger partial charge in [-0.2, -0.15) is 5.10 Å². The number of benzene rings is 1. The number of halogens is 1. The fourth-order valence-electron chi connectivity index (χ4n) is 3.30. The van der Waals surface area contributed by atoms with Crippen LogP contribution in [-0.2, 0) is 22.6 Å². The van der Waals surface area contributed by atoms with Crippen LogP contribution in [0.2, 0.25) is 0 Å². The van der Waals surface area contributed by atoms with Gasteiger partial charge in [0.1, 0.15) is 23.7 Å². The van der Waals surface area contributed by atoms with Crippen molar-refractivity contribution < 1.29 is 33.4 Å². The van der Waals surface area contributed by atoms with Gasteiger partial charge in [-0.25, -0.2) is 13.9 Å². The van der Waals surface area contributed by atoms with E-state index in [1.54, 1.807) is 18.2 Å². The van der Waals surface area contributed by atoms with Gasteiger partial charge in [-0.1, -0.05) is 6.07 Å². The molecule has 3 N–H and O–H groups in total. The molecule has 0 saturated carbocycles. The van der Waals surface area contributed by atoms with E-state index in [0.717, 1.165) is 22.3 Å². The summed E-state index contributed by atoms with van der Waals surface area (Å²) in [6, 6.07) is 6.35. The van der Waals surface area contributed by atoms with Crippen molar-refractivity contribution in [3.63, 3.8) is 0 Å². The third-order valence-electron chi connectivity index (χ3n) is 4.87. The smallest absolute Gasteiger partial charge is 0.305 e. The predicted molar refractivity (Wildman–Crippen MR) is 109 cm³/mol. The topological polar surface area (TPSA) is 152 Å². The van der Waals surface area contributed by atoms with Crippen LogP contribution < -0.4 is 15.4 Å². The van der Waals surface area contributed by atoms with Crippen LogP contribution in [0.3, 0.4) is 0 Å². The van der Waals surface area contributed by atoms with Crippen LogP contribution in [0.1, 0.15) is 38.5 Å². The summed E-state index contributed by atoms with van der Waals surface area (Å²) in [4.78, 5) is 51.4. The molecule has 0 unspecified atom stereocenters. The van der Waals surface area contributed by atoms with Crippen LogP contribution in [0.4, 0.5) is 4.39 Å². The summed E-state index contributed by atoms with van der Waals surface area (Å²) in [5.74, 6) is -2.75. The van der Waals surface area contributed by atoms with Gasteiger partial charge in [0.2, 0.25) is 0 Å². The highest BCUT2D eigenvalue weighted by atomic mass is 19.1. The molecular formula is C21H18FN5O6. The predicted octanol–water partition coefficient (Wildman–Crippen LogP) is 0.507. The van der Waals surface area contributed by atoms with E-state index in [1.165, 1.54) is 0 Å². The van der Waals surface area contributed by atoms with E-state index in [0.29, 0.717) is 11.3 Å². The highest BCUT2D eigenvalue weighted by molar-refractivity contribution is 5.98. The number of nitrogens with zero attached hydrogens (tertiary/aromatic N) is 3. The van der Waals surface area contributed by atoms with Crippen molar-refractivity contribution in [3.05, 3.63) is 58.8 Å². The lowest BCUT2D eigenvalue weighted by Crippen LogP contribution is -2.30. The maximum absolute atomic E-state index is 14.1. The molecule has 0 aliphatic carbocycles. The van der Waals surface area contributed by atoms with E-state index in [2.05, 4.69) is 20.7 Å². The minimum absolute atomic E-state index is 0.0363. The lowest BCUT2D eigenvalue weighted by Gasteiger charge is -2.17. The van der Waals surface area contributed by atoms with Gasteiger partial charge < -0.3 is 20.5 Å². The normalized spacial score (nSPS) is 12.7. The Morgan fingerprint density at radius 2 is 2.00 bits per heavy atom. The van der Waals surface area contributed by atoms with Gasteiger partial charge in [0.25, 0.3) is 11.8 Å². The molecule has 1 aliphatic heterocycles. The van der Waals surface area contributed by atoms with Gasteiger partial charge in [-0.05, 0) is 17.7 Å². The largest absolute Gasteiger partial charge is 0.486 e. The molecule has 11 nitrogen and oxygen atoms in total. The first kappa shape index (κ1) is 21.9.